The van der Waals surface area contributed by atoms with E-state index in [9.17, 15) is 68.3 Å². The Morgan fingerprint density at radius 2 is 1.45 bits per heavy atom. The average Bonchev–Trinajstić information content (AvgIpc) is 0.717. The largest absolute Gasteiger partial charge is 0.501 e. The van der Waals surface area contributed by atoms with E-state index in [0.29, 0.717) is 73.4 Å². The zero-order chi connectivity index (χ0) is 78.9. The number of hydrogen-bond donors (Lipinski definition) is 6. The normalized spacial score (nSPS) is 23.6. The Kier molecular flexibility index (Phi) is 24.7. The van der Waals surface area contributed by atoms with Crippen LogP contribution in [-0.2, 0) is 43.8 Å². The SMILES string of the molecule is Cc1ncsc1-c1ccc([C@H](CC(=O)NCCCCC(=O)N2CCN(CC[C@H](CSc3ccccc3)Nc3ccc(S(=O)(=O)NC(=O)c4ccc(N5CCN(CC6=C(C78CC(C)(C7)C8)CC(C)(C)CC6)CC5)cc4)cc3S(=O)(=O)C(F)(F)F)CC2)NC(=O)[C@@H]2C[C@@H](O)CC2C(=O)[C@@H](NC(=O)C2(F)CC2)C(C)(C)C)cc1. The lowest BCUT2D eigenvalue weighted by Gasteiger charge is -2.72. The van der Waals surface area contributed by atoms with E-state index in [2.05, 4.69) is 61.7 Å². The summed E-state index contributed by atoms with van der Waals surface area (Å²) in [5.74, 6) is -5.24. The van der Waals surface area contributed by atoms with Crippen molar-refractivity contribution >= 4 is 89.7 Å². The number of amides is 5. The van der Waals surface area contributed by atoms with Crippen molar-refractivity contribution in [2.24, 2.45) is 33.5 Å². The lowest BCUT2D eigenvalue weighted by atomic mass is 9.33. The number of aliphatic hydroxyl groups excluding tert-OH is 1. The highest BCUT2D eigenvalue weighted by Crippen LogP contribution is 2.77. The Bertz CT molecular complexity index is 4460. The molecule has 6 atom stereocenters. The fourth-order valence-corrected chi connectivity index (χ4v) is 21.0. The number of carbonyl (C=O) groups is 6. The number of unbranched alkanes of at least 4 members (excludes halogenated alkanes) is 1. The van der Waals surface area contributed by atoms with Crippen LogP contribution >= 0.6 is 23.1 Å². The highest BCUT2D eigenvalue weighted by atomic mass is 32.2. The van der Waals surface area contributed by atoms with E-state index >= 15 is 0 Å². The lowest BCUT2D eigenvalue weighted by molar-refractivity contribution is -0.167. The van der Waals surface area contributed by atoms with Crippen molar-refractivity contribution in [2.45, 2.75) is 195 Å². The zero-order valence-corrected chi connectivity index (χ0v) is 67.0. The number of sulfone groups is 1. The molecule has 21 nitrogen and oxygen atoms in total. The van der Waals surface area contributed by atoms with Crippen molar-refractivity contribution in [3.63, 3.8) is 0 Å². The standard InChI is InChI=1S/C81H104F4N10O11S4/c1-52-71(108-51-87-52)54-18-16-53(17-19-54)66(89-74(101)63-42-59(96)41-62(63)70(99)72(76(2,3)4)90-75(102)80(82)29-30-80)44-68(97)86-31-12-11-15-69(98)95-39-33-92(34-40-95)32-27-57(47-107-60-13-9-8-10-14-60)88-65-25-24-61(43-67(65)109(103,104)81(83,84)85)110(105,106)91-73(100)55-20-22-58(23-21-55)94-37-35-93(36-38-94)46-56-26-28-77(5,6)45-64(56)79-48-78(7,49-79)50-79/h8-10,13-14,16-25,43,51,57,59,62-63,66,72,88,96H,11-12,15,26-42,44-50H2,1-7H3,(H,86,97)(H,89,101)(H,90,102)(H,91,100)/t57-,59+,62?,63-,66+,72-,78?,79?/m1/s1. The maximum absolute atomic E-state index is 14.9. The van der Waals surface area contributed by atoms with E-state index < -0.39 is 117 Å². The molecule has 6 aliphatic carbocycles. The number of Topliss-reactive ketones (excluding diaryl/α,β-unsaturated/α-hetero) is 1. The van der Waals surface area contributed by atoms with Gasteiger partial charge in [0.25, 0.3) is 31.7 Å². The van der Waals surface area contributed by atoms with E-state index in [1.54, 1.807) is 54.5 Å². The first kappa shape index (κ1) is 82.2. The molecule has 110 heavy (non-hydrogen) atoms. The Morgan fingerprint density at radius 1 is 0.782 bits per heavy atom. The smallest absolute Gasteiger partial charge is 0.393 e. The molecule has 0 radical (unpaired) electrons. The van der Waals surface area contributed by atoms with Gasteiger partial charge in [-0.3, -0.25) is 38.6 Å². The molecule has 29 heteroatoms. The molecule has 2 aliphatic heterocycles. The number of benzene rings is 4. The topological polar surface area (TPSA) is 277 Å². The minimum Gasteiger partial charge on any atom is -0.393 e. The van der Waals surface area contributed by atoms with E-state index in [1.165, 1.54) is 67.3 Å². The first-order chi connectivity index (χ1) is 51.9. The molecule has 2 bridgehead atoms. The Morgan fingerprint density at radius 3 is 2.07 bits per heavy atom. The molecule has 5 amide bonds. The molecule has 2 saturated heterocycles. The molecule has 13 rings (SSSR count). The third-order valence-electron chi connectivity index (χ3n) is 23.5. The van der Waals surface area contributed by atoms with Crippen molar-refractivity contribution < 1.29 is 68.3 Å². The number of thiazole rings is 1. The molecular formula is C81H104F4N10O11S4. The molecule has 6 N–H and O–H groups in total. The maximum atomic E-state index is 14.9. The van der Waals surface area contributed by atoms with E-state index in [-0.39, 0.29) is 68.7 Å². The second-order valence-electron chi connectivity index (χ2n) is 33.8. The summed E-state index contributed by atoms with van der Waals surface area (Å²) in [6.45, 7) is 20.7. The number of hydrogen-bond acceptors (Lipinski definition) is 18. The Hall–Kier alpha value is -7.28. The van der Waals surface area contributed by atoms with Crippen LogP contribution < -0.4 is 30.9 Å². The summed E-state index contributed by atoms with van der Waals surface area (Å²) in [7, 11) is -11.1. The van der Waals surface area contributed by atoms with Gasteiger partial charge in [-0.15, -0.1) is 23.1 Å². The first-order valence-electron chi connectivity index (χ1n) is 38.4. The number of aryl methyl sites for hydroxylation is 1. The van der Waals surface area contributed by atoms with Gasteiger partial charge in [0.15, 0.2) is 11.5 Å². The predicted octanol–water partition coefficient (Wildman–Crippen LogP) is 12.0. The Labute approximate surface area is 651 Å². The number of alkyl halides is 4. The number of carbonyl (C=O) groups excluding carboxylic acids is 6. The fourth-order valence-electron chi connectivity index (χ4n) is 17.2. The number of nitrogens with one attached hydrogen (secondary N) is 5. The molecule has 5 saturated carbocycles. The highest BCUT2D eigenvalue weighted by Gasteiger charge is 2.67. The molecule has 3 heterocycles. The minimum atomic E-state index is -6.19. The predicted molar refractivity (Wildman–Crippen MR) is 417 cm³/mol. The summed E-state index contributed by atoms with van der Waals surface area (Å²) in [4.78, 5) is 95.2. The van der Waals surface area contributed by atoms with Gasteiger partial charge in [-0.25, -0.2) is 30.9 Å². The second kappa shape index (κ2) is 33.0. The van der Waals surface area contributed by atoms with Crippen LogP contribution in [0.3, 0.4) is 0 Å². The molecule has 1 aromatic heterocycles. The van der Waals surface area contributed by atoms with Crippen LogP contribution in [0, 0.1) is 40.4 Å². The number of allylic oxidation sites excluding steroid dienone is 1. The van der Waals surface area contributed by atoms with Crippen molar-refractivity contribution in [2.75, 3.05) is 88.0 Å². The molecule has 1 unspecified atom stereocenters. The minimum absolute atomic E-state index is 0.0277. The van der Waals surface area contributed by atoms with Gasteiger partial charge in [0.2, 0.25) is 17.7 Å². The van der Waals surface area contributed by atoms with Crippen LogP contribution in [0.15, 0.2) is 128 Å². The van der Waals surface area contributed by atoms with Gasteiger partial charge >= 0.3 is 5.51 Å². The Balaban J connectivity index is 0.623. The fraction of sp³-hybridized carbons (Fsp3) is 0.568. The number of aromatic nitrogens is 1. The van der Waals surface area contributed by atoms with Crippen molar-refractivity contribution in [3.8, 4) is 10.4 Å². The van der Waals surface area contributed by atoms with E-state index in [0.717, 1.165) is 78.0 Å². The summed E-state index contributed by atoms with van der Waals surface area (Å²) in [5.41, 5.74) is 0.280. The quantitative estimate of drug-likeness (QED) is 0.0104. The number of nitrogens with zero attached hydrogens (tertiary/aromatic N) is 5. The van der Waals surface area contributed by atoms with E-state index in [1.807, 2.05) is 66.2 Å². The number of halogens is 4. The molecule has 8 aliphatic rings. The van der Waals surface area contributed by atoms with Gasteiger partial charge in [0, 0.05) is 112 Å². The van der Waals surface area contributed by atoms with Crippen LogP contribution in [0.25, 0.3) is 10.4 Å². The monoisotopic (exact) mass is 1600 g/mol. The van der Waals surface area contributed by atoms with Gasteiger partial charge in [0.1, 0.15) is 4.90 Å². The zero-order valence-electron chi connectivity index (χ0n) is 63.8. The summed E-state index contributed by atoms with van der Waals surface area (Å²) < 4.78 is 116. The van der Waals surface area contributed by atoms with Gasteiger partial charge in [-0.05, 0) is 178 Å². The summed E-state index contributed by atoms with van der Waals surface area (Å²) in [6.07, 6.45) is 7.61. The molecule has 596 valence electrons. The van der Waals surface area contributed by atoms with Crippen molar-refractivity contribution in [3.05, 3.63) is 131 Å². The van der Waals surface area contributed by atoms with Gasteiger partial charge in [0.05, 0.1) is 57.2 Å². The van der Waals surface area contributed by atoms with Crippen LogP contribution in [0.5, 0.6) is 0 Å². The molecule has 5 aromatic rings. The van der Waals surface area contributed by atoms with Gasteiger partial charge in [-0.2, -0.15) is 13.2 Å². The summed E-state index contributed by atoms with van der Waals surface area (Å²) in [6, 6.07) is 22.7. The number of rotatable bonds is 31. The number of sulfonamides is 1. The molecule has 7 fully saturated rings. The van der Waals surface area contributed by atoms with Crippen LogP contribution in [0.4, 0.5) is 28.9 Å². The molecule has 0 spiro atoms. The van der Waals surface area contributed by atoms with Crippen LogP contribution in [-0.4, -0.2) is 184 Å². The van der Waals surface area contributed by atoms with Crippen molar-refractivity contribution in [1.82, 2.24) is 40.4 Å². The van der Waals surface area contributed by atoms with Gasteiger partial charge in [-0.1, -0.05) is 95.2 Å². The van der Waals surface area contributed by atoms with E-state index in [4.69, 9.17) is 0 Å². The first-order valence-corrected chi connectivity index (χ1v) is 43.3. The summed E-state index contributed by atoms with van der Waals surface area (Å²) in [5, 5.41) is 22.5. The number of piperazine rings is 2. The third-order valence-corrected chi connectivity index (χ3v) is 28.5. The average molecular weight is 1600 g/mol. The highest BCUT2D eigenvalue weighted by molar-refractivity contribution is 7.99. The molecular weight excluding hydrogens is 1490 g/mol. The maximum Gasteiger partial charge on any atom is 0.501 e. The van der Waals surface area contributed by atoms with Crippen molar-refractivity contribution in [1.29, 1.82) is 0 Å². The number of thioether (sulfide) groups is 1. The van der Waals surface area contributed by atoms with Crippen LogP contribution in [0.1, 0.15) is 166 Å². The van der Waals surface area contributed by atoms with Gasteiger partial charge < -0.3 is 36.2 Å². The summed E-state index contributed by atoms with van der Waals surface area (Å²) >= 11 is 2.86. The number of anilines is 2. The van der Waals surface area contributed by atoms with Crippen LogP contribution in [0.2, 0.25) is 0 Å². The second-order valence-corrected chi connectivity index (χ2v) is 39.4. The third kappa shape index (κ3) is 19.3. The molecule has 4 aromatic carbocycles. The number of aliphatic hydroxyl groups is 1. The number of ketones is 1. The lowest BCUT2D eigenvalue weighted by Crippen LogP contribution is -2.61.